The minimum Gasteiger partial charge on any atom is -0.274 e. The van der Waals surface area contributed by atoms with Gasteiger partial charge in [0.2, 0.25) is 5.91 Å². The topological polar surface area (TPSA) is 34.9 Å². The summed E-state index contributed by atoms with van der Waals surface area (Å²) in [6.07, 6.45) is 7.39. The Labute approximate surface area is 113 Å². The molecule has 1 aromatic heterocycles. The minimum absolute atomic E-state index is 0.188. The smallest absolute Gasteiger partial charge is 0.235 e. The van der Waals surface area contributed by atoms with Crippen molar-refractivity contribution in [1.29, 1.82) is 0 Å². The van der Waals surface area contributed by atoms with E-state index >= 15 is 0 Å². The average molecular weight is 256 g/mol. The molecule has 0 amide bonds. The first kappa shape index (κ1) is 12.4. The van der Waals surface area contributed by atoms with Crippen LogP contribution in [0.2, 0.25) is 0 Å². The van der Waals surface area contributed by atoms with Gasteiger partial charge in [0.1, 0.15) is 6.33 Å². The average Bonchev–Trinajstić information content (AvgIpc) is 2.82. The zero-order valence-electron chi connectivity index (χ0n) is 11.6. The van der Waals surface area contributed by atoms with Gasteiger partial charge in [-0.15, -0.1) is 0 Å². The Hall–Kier alpha value is -1.64. The van der Waals surface area contributed by atoms with E-state index in [4.69, 9.17) is 0 Å². The molecule has 0 radical (unpaired) electrons. The number of aryl methyl sites for hydroxylation is 2. The van der Waals surface area contributed by atoms with Gasteiger partial charge in [-0.2, -0.15) is 0 Å². The van der Waals surface area contributed by atoms with Crippen molar-refractivity contribution in [2.45, 2.75) is 46.0 Å². The largest absolute Gasteiger partial charge is 0.274 e. The lowest BCUT2D eigenvalue weighted by molar-refractivity contribution is 0.0807. The highest BCUT2D eigenvalue weighted by molar-refractivity contribution is 5.92. The van der Waals surface area contributed by atoms with Crippen molar-refractivity contribution in [2.24, 2.45) is 5.92 Å². The highest BCUT2D eigenvalue weighted by Crippen LogP contribution is 2.27. The summed E-state index contributed by atoms with van der Waals surface area (Å²) < 4.78 is 1.76. The fourth-order valence-corrected chi connectivity index (χ4v) is 2.99. The maximum absolute atomic E-state index is 12.6. The Morgan fingerprint density at radius 2 is 1.84 bits per heavy atom. The molecule has 1 saturated carbocycles. The number of fused-ring (bicyclic) bond motifs is 1. The third-order valence-electron chi connectivity index (χ3n) is 4.35. The Balaban J connectivity index is 2.00. The summed E-state index contributed by atoms with van der Waals surface area (Å²) in [4.78, 5) is 17.0. The van der Waals surface area contributed by atoms with Crippen molar-refractivity contribution < 1.29 is 4.79 Å². The van der Waals surface area contributed by atoms with Gasteiger partial charge in [0.15, 0.2) is 0 Å². The molecule has 0 N–H and O–H groups in total. The summed E-state index contributed by atoms with van der Waals surface area (Å²) in [6, 6.07) is 4.15. The molecule has 1 aliphatic carbocycles. The molecule has 1 heterocycles. The lowest BCUT2D eigenvalue weighted by Gasteiger charge is -2.20. The normalized spacial score (nSPS) is 16.9. The van der Waals surface area contributed by atoms with Crippen molar-refractivity contribution in [3.05, 3.63) is 29.6 Å². The Kier molecular flexibility index (Phi) is 3.13. The number of benzene rings is 1. The highest BCUT2D eigenvalue weighted by Gasteiger charge is 2.23. The molecule has 3 heteroatoms. The molecule has 19 heavy (non-hydrogen) atoms. The maximum Gasteiger partial charge on any atom is 0.235 e. The van der Waals surface area contributed by atoms with Crippen molar-refractivity contribution in [2.75, 3.05) is 0 Å². The summed E-state index contributed by atoms with van der Waals surface area (Å²) in [7, 11) is 0. The number of hydrogen-bond donors (Lipinski definition) is 0. The summed E-state index contributed by atoms with van der Waals surface area (Å²) >= 11 is 0. The molecule has 0 atom stereocenters. The molecule has 1 fully saturated rings. The second-order valence-corrected chi connectivity index (χ2v) is 5.71. The van der Waals surface area contributed by atoms with E-state index in [1.807, 2.05) is 0 Å². The molecular weight excluding hydrogens is 236 g/mol. The summed E-state index contributed by atoms with van der Waals surface area (Å²) in [5.41, 5.74) is 4.32. The van der Waals surface area contributed by atoms with Gasteiger partial charge in [-0.3, -0.25) is 9.36 Å². The number of hydrogen-bond acceptors (Lipinski definition) is 2. The summed E-state index contributed by atoms with van der Waals surface area (Å²) in [6.45, 7) is 4.16. The van der Waals surface area contributed by atoms with Crippen LogP contribution in [-0.2, 0) is 0 Å². The molecule has 1 aliphatic rings. The third-order valence-corrected chi connectivity index (χ3v) is 4.35. The van der Waals surface area contributed by atoms with Gasteiger partial charge in [-0.25, -0.2) is 4.98 Å². The van der Waals surface area contributed by atoms with Gasteiger partial charge < -0.3 is 0 Å². The third kappa shape index (κ3) is 2.18. The van der Waals surface area contributed by atoms with E-state index in [-0.39, 0.29) is 11.8 Å². The first-order valence-corrected chi connectivity index (χ1v) is 7.15. The fourth-order valence-electron chi connectivity index (χ4n) is 2.99. The number of imidazole rings is 1. The van der Waals surface area contributed by atoms with E-state index < -0.39 is 0 Å². The van der Waals surface area contributed by atoms with E-state index in [0.29, 0.717) is 0 Å². The van der Waals surface area contributed by atoms with Crippen LogP contribution in [0.3, 0.4) is 0 Å². The Morgan fingerprint density at radius 1 is 1.16 bits per heavy atom. The van der Waals surface area contributed by atoms with Gasteiger partial charge in [0.05, 0.1) is 11.0 Å². The van der Waals surface area contributed by atoms with Crippen LogP contribution in [0.15, 0.2) is 18.5 Å². The number of carbonyl (C=O) groups excluding carboxylic acids is 1. The minimum atomic E-state index is 0.188. The van der Waals surface area contributed by atoms with Crippen LogP contribution in [0.5, 0.6) is 0 Å². The molecule has 0 aliphatic heterocycles. The number of nitrogens with zero attached hydrogens (tertiary/aromatic N) is 2. The lowest BCUT2D eigenvalue weighted by Crippen LogP contribution is -2.23. The van der Waals surface area contributed by atoms with Crippen molar-refractivity contribution in [3.63, 3.8) is 0 Å². The van der Waals surface area contributed by atoms with Crippen molar-refractivity contribution in [1.82, 2.24) is 9.55 Å². The van der Waals surface area contributed by atoms with Gasteiger partial charge in [-0.05, 0) is 49.9 Å². The van der Waals surface area contributed by atoms with Crippen LogP contribution in [0.1, 0.15) is 48.0 Å². The number of aromatic nitrogens is 2. The van der Waals surface area contributed by atoms with E-state index in [1.165, 1.54) is 30.4 Å². The van der Waals surface area contributed by atoms with Crippen molar-refractivity contribution in [3.8, 4) is 0 Å². The molecule has 0 unspecified atom stereocenters. The summed E-state index contributed by atoms with van der Waals surface area (Å²) in [5.74, 6) is 0.415. The predicted molar refractivity (Wildman–Crippen MR) is 76.4 cm³/mol. The van der Waals surface area contributed by atoms with Crippen LogP contribution in [0.4, 0.5) is 0 Å². The highest BCUT2D eigenvalue weighted by atomic mass is 16.2. The summed E-state index contributed by atoms with van der Waals surface area (Å²) in [5, 5.41) is 0. The zero-order chi connectivity index (χ0) is 13.4. The van der Waals surface area contributed by atoms with Gasteiger partial charge >= 0.3 is 0 Å². The predicted octanol–water partition coefficient (Wildman–Crippen LogP) is 3.87. The standard InChI is InChI=1S/C16H20N2O/c1-11-8-14-15(9-12(11)2)18(10-17-14)16(19)13-6-4-3-5-7-13/h8-10,13H,3-7H2,1-2H3. The van der Waals surface area contributed by atoms with E-state index in [1.54, 1.807) is 10.9 Å². The molecule has 3 nitrogen and oxygen atoms in total. The van der Waals surface area contributed by atoms with Crippen molar-refractivity contribution >= 4 is 16.9 Å². The van der Waals surface area contributed by atoms with Crippen LogP contribution in [0.25, 0.3) is 11.0 Å². The van der Waals surface area contributed by atoms with E-state index in [0.717, 1.165) is 23.9 Å². The molecule has 3 rings (SSSR count). The Morgan fingerprint density at radius 3 is 2.58 bits per heavy atom. The first-order valence-electron chi connectivity index (χ1n) is 7.15. The second kappa shape index (κ2) is 4.80. The molecule has 1 aromatic carbocycles. The first-order chi connectivity index (χ1) is 9.16. The van der Waals surface area contributed by atoms with Crippen LogP contribution in [-0.4, -0.2) is 15.5 Å². The number of carbonyl (C=O) groups is 1. The quantitative estimate of drug-likeness (QED) is 0.776. The molecule has 0 spiro atoms. The van der Waals surface area contributed by atoms with Crippen LogP contribution < -0.4 is 0 Å². The SMILES string of the molecule is Cc1cc2ncn(C(=O)C3CCCCC3)c2cc1C. The molecule has 0 saturated heterocycles. The van der Waals surface area contributed by atoms with E-state index in [2.05, 4.69) is 31.0 Å². The van der Waals surface area contributed by atoms with Gasteiger partial charge in [-0.1, -0.05) is 19.3 Å². The number of rotatable bonds is 1. The lowest BCUT2D eigenvalue weighted by atomic mass is 9.88. The van der Waals surface area contributed by atoms with Gasteiger partial charge in [0.25, 0.3) is 0 Å². The molecular formula is C16H20N2O. The second-order valence-electron chi connectivity index (χ2n) is 5.71. The van der Waals surface area contributed by atoms with Crippen LogP contribution >= 0.6 is 0 Å². The maximum atomic E-state index is 12.6. The monoisotopic (exact) mass is 256 g/mol. The molecule has 100 valence electrons. The zero-order valence-corrected chi connectivity index (χ0v) is 11.6. The molecule has 2 aromatic rings. The van der Waals surface area contributed by atoms with E-state index in [9.17, 15) is 4.79 Å². The van der Waals surface area contributed by atoms with Gasteiger partial charge in [0, 0.05) is 5.92 Å². The van der Waals surface area contributed by atoms with Crippen LogP contribution in [0, 0.1) is 19.8 Å². The Bertz CT molecular complexity index is 621. The fraction of sp³-hybridized carbons (Fsp3) is 0.500. The molecule has 0 bridgehead atoms.